The van der Waals surface area contributed by atoms with Gasteiger partial charge in [0.1, 0.15) is 11.9 Å². The van der Waals surface area contributed by atoms with Crippen molar-refractivity contribution in [2.75, 3.05) is 12.4 Å². The number of rotatable bonds is 5. The van der Waals surface area contributed by atoms with E-state index < -0.39 is 8.32 Å². The lowest BCUT2D eigenvalue weighted by Crippen LogP contribution is -2.46. The molecule has 4 rings (SSSR count). The molecule has 33 heavy (non-hydrogen) atoms. The number of allylic oxidation sites excluding steroid dienone is 2. The third-order valence-corrected chi connectivity index (χ3v) is 11.8. The minimum absolute atomic E-state index is 0.00688. The summed E-state index contributed by atoms with van der Waals surface area (Å²) in [5, 5.41) is 3.58. The van der Waals surface area contributed by atoms with Crippen LogP contribution in [0.4, 0.5) is 5.69 Å². The summed E-state index contributed by atoms with van der Waals surface area (Å²) in [6.07, 6.45) is 6.47. The van der Waals surface area contributed by atoms with Crippen LogP contribution in [0.5, 0.6) is 0 Å². The highest BCUT2D eigenvalue weighted by atomic mass is 35.5. The number of nitrogens with one attached hydrogen (secondary N) is 1. The molecule has 2 aromatic carbocycles. The predicted octanol–water partition coefficient (Wildman–Crippen LogP) is 7.08. The van der Waals surface area contributed by atoms with Gasteiger partial charge in [-0.15, -0.1) is 0 Å². The van der Waals surface area contributed by atoms with Crippen molar-refractivity contribution < 1.29 is 14.0 Å². The van der Waals surface area contributed by atoms with Crippen molar-refractivity contribution in [2.24, 2.45) is 0 Å². The van der Waals surface area contributed by atoms with Crippen LogP contribution in [0.1, 0.15) is 37.8 Å². The van der Waals surface area contributed by atoms with E-state index in [4.69, 9.17) is 20.8 Å². The first-order valence-electron chi connectivity index (χ1n) is 11.3. The molecule has 2 atom stereocenters. The highest BCUT2D eigenvalue weighted by molar-refractivity contribution is 6.74. The molecule has 0 radical (unpaired) electrons. The lowest BCUT2D eigenvalue weighted by Gasteiger charge is -2.42. The molecule has 0 aromatic heterocycles. The second-order valence-electron chi connectivity index (χ2n) is 10.3. The van der Waals surface area contributed by atoms with Crippen molar-refractivity contribution in [2.45, 2.75) is 57.3 Å². The number of benzene rings is 2. The second-order valence-corrected chi connectivity index (χ2v) is 15.5. The van der Waals surface area contributed by atoms with Gasteiger partial charge in [-0.2, -0.15) is 0 Å². The Morgan fingerprint density at radius 3 is 2.45 bits per heavy atom. The van der Waals surface area contributed by atoms with Gasteiger partial charge >= 0.3 is 0 Å². The molecule has 2 aromatic rings. The van der Waals surface area contributed by atoms with Gasteiger partial charge in [0.15, 0.2) is 8.32 Å². The largest absolute Gasteiger partial charge is 0.498 e. The van der Waals surface area contributed by atoms with Crippen molar-refractivity contribution in [3.05, 3.63) is 76.5 Å². The minimum Gasteiger partial charge on any atom is -0.498 e. The molecule has 0 spiro atoms. The molecule has 2 unspecified atom stereocenters. The Bertz CT molecular complexity index is 1130. The van der Waals surface area contributed by atoms with Gasteiger partial charge in [-0.05, 0) is 53.0 Å². The number of hydrogen-bond donors (Lipinski definition) is 1. The van der Waals surface area contributed by atoms with Gasteiger partial charge < -0.3 is 14.5 Å². The molecule has 174 valence electrons. The summed E-state index contributed by atoms with van der Waals surface area (Å²) in [4.78, 5) is 11.7. The lowest BCUT2D eigenvalue weighted by molar-refractivity contribution is -0.115. The zero-order chi connectivity index (χ0) is 24.0. The minimum atomic E-state index is -2.02. The van der Waals surface area contributed by atoms with Crippen LogP contribution in [0.25, 0.3) is 11.1 Å². The summed E-state index contributed by atoms with van der Waals surface area (Å²) in [6.45, 7) is 11.3. The zero-order valence-electron chi connectivity index (χ0n) is 20.2. The molecular weight excluding hydrogens is 450 g/mol. The van der Waals surface area contributed by atoms with Crippen molar-refractivity contribution in [3.8, 4) is 11.1 Å². The maximum absolute atomic E-state index is 11.7. The molecule has 4 nitrogen and oxygen atoms in total. The maximum atomic E-state index is 11.7. The van der Waals surface area contributed by atoms with Gasteiger partial charge in [-0.1, -0.05) is 68.8 Å². The number of hydrogen-bond acceptors (Lipinski definition) is 3. The molecule has 0 saturated carbocycles. The van der Waals surface area contributed by atoms with E-state index in [0.29, 0.717) is 11.4 Å². The quantitative estimate of drug-likeness (QED) is 0.464. The summed E-state index contributed by atoms with van der Waals surface area (Å²) in [5.41, 5.74) is 4.91. The van der Waals surface area contributed by atoms with Gasteiger partial charge in [-0.25, -0.2) is 0 Å². The topological polar surface area (TPSA) is 47.6 Å². The summed E-state index contributed by atoms with van der Waals surface area (Å²) >= 11 is 6.55. The lowest BCUT2D eigenvalue weighted by atomic mass is 9.88. The fourth-order valence-corrected chi connectivity index (χ4v) is 5.62. The average Bonchev–Trinajstić information content (AvgIpc) is 3.11. The highest BCUT2D eigenvalue weighted by Crippen LogP contribution is 2.42. The number of fused-ring (bicyclic) bond motifs is 1. The molecule has 0 bridgehead atoms. The number of halogens is 1. The molecule has 1 N–H and O–H groups in total. The first kappa shape index (κ1) is 23.8. The highest BCUT2D eigenvalue weighted by Gasteiger charge is 2.42. The van der Waals surface area contributed by atoms with E-state index >= 15 is 0 Å². The van der Waals surface area contributed by atoms with Gasteiger partial charge in [0.2, 0.25) is 5.91 Å². The Labute approximate surface area is 202 Å². The van der Waals surface area contributed by atoms with E-state index in [9.17, 15) is 4.79 Å². The first-order valence-corrected chi connectivity index (χ1v) is 14.6. The van der Waals surface area contributed by atoms with E-state index in [-0.39, 0.29) is 23.0 Å². The van der Waals surface area contributed by atoms with E-state index in [0.717, 1.165) is 33.7 Å². The monoisotopic (exact) mass is 481 g/mol. The van der Waals surface area contributed by atoms with Crippen LogP contribution in [0, 0.1) is 0 Å². The van der Waals surface area contributed by atoms with Gasteiger partial charge in [0.25, 0.3) is 0 Å². The van der Waals surface area contributed by atoms with Crippen LogP contribution in [-0.4, -0.2) is 27.4 Å². The molecule has 1 heterocycles. The number of ether oxygens (including phenoxy) is 1. The molecule has 0 saturated heterocycles. The number of methoxy groups -OCH3 is 1. The smallest absolute Gasteiger partial charge is 0.228 e. The molecule has 0 fully saturated rings. The van der Waals surface area contributed by atoms with Crippen molar-refractivity contribution in [1.29, 1.82) is 0 Å². The predicted molar refractivity (Wildman–Crippen MR) is 138 cm³/mol. The third kappa shape index (κ3) is 4.68. The number of amides is 1. The fraction of sp³-hybridized carbons (Fsp3) is 0.370. The Balaban J connectivity index is 1.64. The Hall–Kier alpha value is -2.34. The van der Waals surface area contributed by atoms with Gasteiger partial charge in [0.05, 0.1) is 18.6 Å². The van der Waals surface area contributed by atoms with Crippen LogP contribution in [0.15, 0.2) is 60.4 Å². The van der Waals surface area contributed by atoms with E-state index in [2.05, 4.69) is 69.5 Å². The van der Waals surface area contributed by atoms with Crippen molar-refractivity contribution in [1.82, 2.24) is 0 Å². The Morgan fingerprint density at radius 2 is 1.82 bits per heavy atom. The Kier molecular flexibility index (Phi) is 6.34. The average molecular weight is 482 g/mol. The summed E-state index contributed by atoms with van der Waals surface area (Å²) in [7, 11) is -0.306. The number of carbonyl (C=O) groups is 1. The second kappa shape index (κ2) is 8.78. The maximum Gasteiger partial charge on any atom is 0.228 e. The first-order chi connectivity index (χ1) is 15.5. The fourth-order valence-electron chi connectivity index (χ4n) is 4.09. The van der Waals surface area contributed by atoms with Crippen LogP contribution in [0.2, 0.25) is 23.2 Å². The van der Waals surface area contributed by atoms with Crippen molar-refractivity contribution >= 4 is 31.5 Å². The standard InChI is InChI=1S/C27H32ClNO3Si/c1-27(2,3)33(5,6)32-26-20(8-7-9-24(26)31-4)17-10-12-18(13-11-17)21-14-19-15-25(30)29-23(19)16-22(21)28/h7-14,16,20,26H,15H2,1-6H3,(H,29,30). The number of anilines is 1. The van der Waals surface area contributed by atoms with Crippen LogP contribution in [0.3, 0.4) is 0 Å². The third-order valence-electron chi connectivity index (χ3n) is 7.07. The van der Waals surface area contributed by atoms with E-state index in [1.165, 1.54) is 0 Å². The van der Waals surface area contributed by atoms with Crippen molar-refractivity contribution in [3.63, 3.8) is 0 Å². The molecule has 6 heteroatoms. The molecule has 2 aliphatic rings. The molecular formula is C27H32ClNO3Si. The molecule has 1 aliphatic heterocycles. The van der Waals surface area contributed by atoms with Crippen LogP contribution < -0.4 is 5.32 Å². The van der Waals surface area contributed by atoms with E-state index in [1.807, 2.05) is 24.3 Å². The molecule has 1 amide bonds. The van der Waals surface area contributed by atoms with Crippen LogP contribution >= 0.6 is 11.6 Å². The SMILES string of the molecule is COC1=CC=CC(c2ccc(-c3cc4c(cc3Cl)NC(=O)C4)cc2)C1O[Si](C)(C)C(C)(C)C. The summed E-state index contributed by atoms with van der Waals surface area (Å²) in [6, 6.07) is 12.3. The van der Waals surface area contributed by atoms with Gasteiger partial charge in [-0.3, -0.25) is 4.79 Å². The van der Waals surface area contributed by atoms with Gasteiger partial charge in [0, 0.05) is 17.2 Å². The zero-order valence-corrected chi connectivity index (χ0v) is 21.9. The summed E-state index contributed by atoms with van der Waals surface area (Å²) < 4.78 is 12.6. The normalized spacial score (nSPS) is 20.3. The summed E-state index contributed by atoms with van der Waals surface area (Å²) in [5.74, 6) is 0.924. The Morgan fingerprint density at radius 1 is 1.12 bits per heavy atom. The van der Waals surface area contributed by atoms with Crippen LogP contribution in [-0.2, 0) is 20.4 Å². The molecule has 1 aliphatic carbocycles. The van der Waals surface area contributed by atoms with E-state index in [1.54, 1.807) is 7.11 Å². The number of carbonyl (C=O) groups excluding carboxylic acids is 1.